The molecule has 1 aromatic heterocycles. The molecule has 0 fully saturated rings. The molecule has 1 heterocycles. The second-order valence-corrected chi connectivity index (χ2v) is 8.11. The van der Waals surface area contributed by atoms with E-state index in [9.17, 15) is 9.59 Å². The number of carbonyl (C=O) groups is 1. The van der Waals surface area contributed by atoms with Gasteiger partial charge >= 0.3 is 12.0 Å². The summed E-state index contributed by atoms with van der Waals surface area (Å²) in [6, 6.07) is 14.2. The van der Waals surface area contributed by atoms with Crippen molar-refractivity contribution in [3.63, 3.8) is 0 Å². The number of benzene rings is 2. The molecule has 0 radical (unpaired) electrons. The van der Waals surface area contributed by atoms with E-state index in [2.05, 4.69) is 15.9 Å². The Hall–Kier alpha value is -2.60. The zero-order valence-electron chi connectivity index (χ0n) is 15.6. The maximum atomic E-state index is 13.2. The average molecular weight is 430 g/mol. The van der Waals surface area contributed by atoms with E-state index in [0.29, 0.717) is 16.5 Å². The van der Waals surface area contributed by atoms with Crippen LogP contribution in [-0.2, 0) is 0 Å². The van der Waals surface area contributed by atoms with E-state index < -0.39 is 11.6 Å². The van der Waals surface area contributed by atoms with E-state index in [-0.39, 0.29) is 16.9 Å². The molecule has 3 aromatic rings. The van der Waals surface area contributed by atoms with E-state index in [1.54, 1.807) is 37.4 Å². The van der Waals surface area contributed by atoms with E-state index >= 15 is 0 Å². The molecule has 0 unspecified atom stereocenters. The quantitative estimate of drug-likeness (QED) is 0.543. The van der Waals surface area contributed by atoms with Gasteiger partial charge in [0.05, 0.1) is 5.39 Å². The monoisotopic (exact) mass is 429 g/mol. The average Bonchev–Trinajstić information content (AvgIpc) is 2.62. The fourth-order valence-corrected chi connectivity index (χ4v) is 2.86. The Labute approximate surface area is 165 Å². The number of fused-ring (bicyclic) bond motifs is 1. The van der Waals surface area contributed by atoms with Crippen molar-refractivity contribution in [3.8, 4) is 17.1 Å². The molecule has 0 N–H and O–H groups in total. The molecule has 27 heavy (non-hydrogen) atoms. The fraction of sp³-hybridized carbons (Fsp3) is 0.238. The van der Waals surface area contributed by atoms with Crippen LogP contribution in [0.1, 0.15) is 20.8 Å². The molecule has 0 aliphatic carbocycles. The van der Waals surface area contributed by atoms with E-state index in [4.69, 9.17) is 9.15 Å². The molecule has 1 amide bonds. The molecule has 6 heteroatoms. The van der Waals surface area contributed by atoms with Crippen LogP contribution in [0.2, 0.25) is 0 Å². The minimum Gasteiger partial charge on any atom is -0.425 e. The van der Waals surface area contributed by atoms with Crippen molar-refractivity contribution in [1.82, 2.24) is 4.90 Å². The number of hydrogen-bond donors (Lipinski definition) is 0. The standard InChI is InChI=1S/C21H20BrNO4/c1-21(2,3)23(4)20(25)27-19-17(13-8-6-5-7-9-13)18(24)15-12-14(22)10-11-16(15)26-19/h5-12H,1-4H3. The van der Waals surface area contributed by atoms with Gasteiger partial charge in [-0.05, 0) is 44.5 Å². The zero-order chi connectivity index (χ0) is 19.8. The summed E-state index contributed by atoms with van der Waals surface area (Å²) in [6.45, 7) is 5.67. The molecular formula is C21H20BrNO4. The topological polar surface area (TPSA) is 59.8 Å². The van der Waals surface area contributed by atoms with E-state index in [1.165, 1.54) is 4.90 Å². The Balaban J connectivity index is 2.20. The molecule has 0 saturated carbocycles. The Bertz CT molecular complexity index is 1050. The first-order valence-corrected chi connectivity index (χ1v) is 9.25. The van der Waals surface area contributed by atoms with Gasteiger partial charge in [-0.2, -0.15) is 0 Å². The number of hydrogen-bond acceptors (Lipinski definition) is 4. The van der Waals surface area contributed by atoms with E-state index in [1.807, 2.05) is 39.0 Å². The largest absolute Gasteiger partial charge is 0.425 e. The molecule has 5 nitrogen and oxygen atoms in total. The second kappa shape index (κ2) is 7.19. The first-order chi connectivity index (χ1) is 12.7. The molecule has 0 aliphatic heterocycles. The van der Waals surface area contributed by atoms with Gasteiger partial charge in [-0.15, -0.1) is 0 Å². The van der Waals surface area contributed by atoms with Gasteiger partial charge in [0.25, 0.3) is 0 Å². The van der Waals surface area contributed by atoms with Crippen LogP contribution in [0.5, 0.6) is 5.95 Å². The number of carbonyl (C=O) groups excluding carboxylic acids is 1. The maximum absolute atomic E-state index is 13.2. The summed E-state index contributed by atoms with van der Waals surface area (Å²) in [5.74, 6) is -0.109. The maximum Gasteiger partial charge on any atom is 0.417 e. The summed E-state index contributed by atoms with van der Waals surface area (Å²) < 4.78 is 12.1. The van der Waals surface area contributed by atoms with Crippen molar-refractivity contribution in [2.24, 2.45) is 0 Å². The Morgan fingerprint density at radius 1 is 1.11 bits per heavy atom. The first kappa shape index (κ1) is 19.2. The summed E-state index contributed by atoms with van der Waals surface area (Å²) in [6.07, 6.45) is -0.598. The lowest BCUT2D eigenvalue weighted by atomic mass is 10.1. The summed E-state index contributed by atoms with van der Waals surface area (Å²) in [5, 5.41) is 0.409. The molecule has 0 aliphatic rings. The summed E-state index contributed by atoms with van der Waals surface area (Å²) in [7, 11) is 1.64. The van der Waals surface area contributed by atoms with E-state index in [0.717, 1.165) is 4.47 Å². The lowest BCUT2D eigenvalue weighted by Gasteiger charge is -2.30. The third-order valence-corrected chi connectivity index (χ3v) is 4.84. The molecular weight excluding hydrogens is 410 g/mol. The van der Waals surface area contributed by atoms with Gasteiger partial charge in [-0.1, -0.05) is 46.3 Å². The number of amides is 1. The van der Waals surface area contributed by atoms with Crippen LogP contribution in [0.4, 0.5) is 4.79 Å². The van der Waals surface area contributed by atoms with Crippen LogP contribution >= 0.6 is 15.9 Å². The van der Waals surface area contributed by atoms with Crippen molar-refractivity contribution < 1.29 is 13.9 Å². The lowest BCUT2D eigenvalue weighted by molar-refractivity contribution is 0.116. The second-order valence-electron chi connectivity index (χ2n) is 7.20. The number of ether oxygens (including phenoxy) is 1. The molecule has 0 spiro atoms. The van der Waals surface area contributed by atoms with Gasteiger partial charge in [0, 0.05) is 17.1 Å². The third-order valence-electron chi connectivity index (χ3n) is 4.34. The molecule has 0 atom stereocenters. The van der Waals surface area contributed by atoms with Gasteiger partial charge in [-0.3, -0.25) is 4.79 Å². The number of nitrogens with zero attached hydrogens (tertiary/aromatic N) is 1. The number of halogens is 1. The van der Waals surface area contributed by atoms with Gasteiger partial charge < -0.3 is 14.1 Å². The molecule has 140 valence electrons. The van der Waals surface area contributed by atoms with Crippen LogP contribution in [0.3, 0.4) is 0 Å². The number of rotatable bonds is 2. The van der Waals surface area contributed by atoms with Gasteiger partial charge in [-0.25, -0.2) is 4.79 Å². The lowest BCUT2D eigenvalue weighted by Crippen LogP contribution is -2.44. The van der Waals surface area contributed by atoms with Crippen molar-refractivity contribution in [3.05, 3.63) is 63.2 Å². The van der Waals surface area contributed by atoms with Gasteiger partial charge in [0.2, 0.25) is 5.43 Å². The molecule has 0 bridgehead atoms. The Morgan fingerprint density at radius 2 is 1.78 bits per heavy atom. The Kier molecular flexibility index (Phi) is 5.11. The Morgan fingerprint density at radius 3 is 2.41 bits per heavy atom. The highest BCUT2D eigenvalue weighted by molar-refractivity contribution is 9.10. The van der Waals surface area contributed by atoms with Crippen molar-refractivity contribution in [2.45, 2.75) is 26.3 Å². The molecule has 2 aromatic carbocycles. The molecule has 3 rings (SSSR count). The van der Waals surface area contributed by atoms with Gasteiger partial charge in [0.15, 0.2) is 0 Å². The fourth-order valence-electron chi connectivity index (χ4n) is 2.49. The first-order valence-electron chi connectivity index (χ1n) is 8.46. The summed E-state index contributed by atoms with van der Waals surface area (Å²) in [4.78, 5) is 27.2. The van der Waals surface area contributed by atoms with Crippen molar-refractivity contribution >= 4 is 33.0 Å². The SMILES string of the molecule is CN(C(=O)Oc1oc2ccc(Br)cc2c(=O)c1-c1ccccc1)C(C)(C)C. The highest BCUT2D eigenvalue weighted by atomic mass is 79.9. The van der Waals surface area contributed by atoms with Crippen LogP contribution in [-0.4, -0.2) is 23.6 Å². The summed E-state index contributed by atoms with van der Waals surface area (Å²) in [5.41, 5.74) is 0.492. The third kappa shape index (κ3) is 3.90. The van der Waals surface area contributed by atoms with Gasteiger partial charge in [0.1, 0.15) is 11.1 Å². The smallest absolute Gasteiger partial charge is 0.417 e. The van der Waals surface area contributed by atoms with Crippen LogP contribution in [0.25, 0.3) is 22.1 Å². The predicted molar refractivity (Wildman–Crippen MR) is 109 cm³/mol. The minimum absolute atomic E-state index is 0.109. The van der Waals surface area contributed by atoms with Crippen LogP contribution < -0.4 is 10.2 Å². The minimum atomic E-state index is -0.598. The normalized spacial score (nSPS) is 11.4. The van der Waals surface area contributed by atoms with Crippen molar-refractivity contribution in [2.75, 3.05) is 7.05 Å². The van der Waals surface area contributed by atoms with Crippen LogP contribution in [0, 0.1) is 0 Å². The highest BCUT2D eigenvalue weighted by Crippen LogP contribution is 2.32. The van der Waals surface area contributed by atoms with Crippen molar-refractivity contribution in [1.29, 1.82) is 0 Å². The predicted octanol–water partition coefficient (Wildman–Crippen LogP) is 5.45. The zero-order valence-corrected chi connectivity index (χ0v) is 17.2. The summed E-state index contributed by atoms with van der Waals surface area (Å²) >= 11 is 3.37. The highest BCUT2D eigenvalue weighted by Gasteiger charge is 2.27. The van der Waals surface area contributed by atoms with Crippen LogP contribution in [0.15, 0.2) is 62.2 Å². The molecule has 0 saturated heterocycles.